The summed E-state index contributed by atoms with van der Waals surface area (Å²) in [4.78, 5) is 11.9. The number of carbonyl (C=O) groups excluding carboxylic acids is 1. The molecule has 1 aromatic carbocycles. The van der Waals surface area contributed by atoms with Gasteiger partial charge in [0.1, 0.15) is 5.01 Å². The van der Waals surface area contributed by atoms with Crippen molar-refractivity contribution in [3.63, 3.8) is 0 Å². The predicted octanol–water partition coefficient (Wildman–Crippen LogP) is 3.11. The van der Waals surface area contributed by atoms with Crippen LogP contribution in [0.25, 0.3) is 0 Å². The predicted molar refractivity (Wildman–Crippen MR) is 98.2 cm³/mol. The molecule has 2 heterocycles. The van der Waals surface area contributed by atoms with Crippen molar-refractivity contribution in [2.24, 2.45) is 0 Å². The number of halogens is 1. The Morgan fingerprint density at radius 1 is 1.24 bits per heavy atom. The zero-order valence-corrected chi connectivity index (χ0v) is 15.1. The minimum Gasteiger partial charge on any atom is -0.336 e. The Kier molecular flexibility index (Phi) is 5.62. The number of amides is 2. The van der Waals surface area contributed by atoms with Crippen molar-refractivity contribution in [2.75, 3.05) is 11.9 Å². The molecule has 3 rings (SSSR count). The van der Waals surface area contributed by atoms with Crippen LogP contribution in [0.1, 0.15) is 16.3 Å². The number of hydrogen-bond donors (Lipinski definition) is 2. The second-order valence-electron chi connectivity index (χ2n) is 5.41. The zero-order chi connectivity index (χ0) is 17.6. The van der Waals surface area contributed by atoms with Crippen LogP contribution < -0.4 is 10.6 Å². The van der Waals surface area contributed by atoms with Crippen LogP contribution >= 0.6 is 22.9 Å². The summed E-state index contributed by atoms with van der Waals surface area (Å²) in [6.45, 7) is 3.01. The molecule has 0 radical (unpaired) electrons. The van der Waals surface area contributed by atoms with E-state index in [9.17, 15) is 4.79 Å². The SMILES string of the molecule is Cc1ccn(CCNC(=O)Nc2nnc(Cc3ccc(Cl)cc3)s2)n1. The van der Waals surface area contributed by atoms with E-state index in [4.69, 9.17) is 11.6 Å². The molecule has 0 atom stereocenters. The lowest BCUT2D eigenvalue weighted by Gasteiger charge is -2.05. The van der Waals surface area contributed by atoms with Gasteiger partial charge in [0.2, 0.25) is 5.13 Å². The summed E-state index contributed by atoms with van der Waals surface area (Å²) in [5.41, 5.74) is 2.04. The molecule has 0 unspecified atom stereocenters. The normalized spacial score (nSPS) is 10.6. The lowest BCUT2D eigenvalue weighted by molar-refractivity contribution is 0.251. The van der Waals surface area contributed by atoms with Crippen LogP contribution in [0, 0.1) is 6.92 Å². The van der Waals surface area contributed by atoms with E-state index in [1.54, 1.807) is 4.68 Å². The van der Waals surface area contributed by atoms with E-state index in [-0.39, 0.29) is 6.03 Å². The van der Waals surface area contributed by atoms with Crippen molar-refractivity contribution < 1.29 is 4.79 Å². The minimum atomic E-state index is -0.307. The Hall–Kier alpha value is -2.45. The van der Waals surface area contributed by atoms with Gasteiger partial charge >= 0.3 is 6.03 Å². The molecule has 2 aromatic heterocycles. The van der Waals surface area contributed by atoms with Gasteiger partial charge in [0.25, 0.3) is 0 Å². The van der Waals surface area contributed by atoms with E-state index in [1.165, 1.54) is 11.3 Å². The fourth-order valence-corrected chi connectivity index (χ4v) is 3.06. The summed E-state index contributed by atoms with van der Waals surface area (Å²) in [6.07, 6.45) is 2.53. The largest absolute Gasteiger partial charge is 0.336 e. The average molecular weight is 377 g/mol. The van der Waals surface area contributed by atoms with Gasteiger partial charge in [-0.05, 0) is 30.7 Å². The van der Waals surface area contributed by atoms with Crippen molar-refractivity contribution in [1.29, 1.82) is 0 Å². The third kappa shape index (κ3) is 5.27. The van der Waals surface area contributed by atoms with Gasteiger partial charge in [-0.15, -0.1) is 10.2 Å². The molecule has 0 saturated heterocycles. The molecule has 0 bridgehead atoms. The second-order valence-corrected chi connectivity index (χ2v) is 6.90. The Bertz CT molecular complexity index is 844. The number of aromatic nitrogens is 4. The Labute approximate surface area is 154 Å². The maximum atomic E-state index is 11.9. The average Bonchev–Trinajstić information content (AvgIpc) is 3.19. The molecule has 9 heteroatoms. The van der Waals surface area contributed by atoms with Crippen LogP contribution in [0.4, 0.5) is 9.93 Å². The van der Waals surface area contributed by atoms with Gasteiger partial charge in [-0.1, -0.05) is 35.1 Å². The number of nitrogens with one attached hydrogen (secondary N) is 2. The van der Waals surface area contributed by atoms with Crippen LogP contribution in [0.2, 0.25) is 5.02 Å². The van der Waals surface area contributed by atoms with Crippen molar-refractivity contribution >= 4 is 34.1 Å². The van der Waals surface area contributed by atoms with Crippen molar-refractivity contribution in [3.05, 3.63) is 57.8 Å². The standard InChI is InChI=1S/C16H17ClN6OS/c1-11-6-8-23(22-11)9-7-18-15(24)19-16-21-20-14(25-16)10-12-2-4-13(17)5-3-12/h2-6,8H,7,9-10H2,1H3,(H2,18,19,21,24). The van der Waals surface area contributed by atoms with E-state index in [0.717, 1.165) is 16.3 Å². The van der Waals surface area contributed by atoms with Gasteiger partial charge in [0.05, 0.1) is 12.2 Å². The first-order valence-corrected chi connectivity index (χ1v) is 8.90. The van der Waals surface area contributed by atoms with E-state index in [1.807, 2.05) is 43.5 Å². The molecular formula is C16H17ClN6OS. The summed E-state index contributed by atoms with van der Waals surface area (Å²) in [7, 11) is 0. The Morgan fingerprint density at radius 3 is 2.76 bits per heavy atom. The molecule has 3 aromatic rings. The quantitative estimate of drug-likeness (QED) is 0.692. The van der Waals surface area contributed by atoms with Gasteiger partial charge in [-0.3, -0.25) is 10.00 Å². The lowest BCUT2D eigenvalue weighted by atomic mass is 10.2. The topological polar surface area (TPSA) is 84.7 Å². The van der Waals surface area contributed by atoms with Gasteiger partial charge in [0, 0.05) is 24.2 Å². The third-order valence-corrected chi connectivity index (χ3v) is 4.45. The van der Waals surface area contributed by atoms with Crippen LogP contribution in [0.3, 0.4) is 0 Å². The number of anilines is 1. The number of carbonyl (C=O) groups is 1. The number of rotatable bonds is 6. The molecular weight excluding hydrogens is 360 g/mol. The maximum absolute atomic E-state index is 11.9. The first-order chi connectivity index (χ1) is 12.1. The minimum absolute atomic E-state index is 0.307. The zero-order valence-electron chi connectivity index (χ0n) is 13.6. The molecule has 0 aliphatic heterocycles. The van der Waals surface area contributed by atoms with Gasteiger partial charge in [-0.25, -0.2) is 4.79 Å². The number of benzene rings is 1. The first-order valence-electron chi connectivity index (χ1n) is 7.70. The molecule has 0 aliphatic rings. The van der Waals surface area contributed by atoms with E-state index < -0.39 is 0 Å². The molecule has 0 spiro atoms. The number of hydrogen-bond acceptors (Lipinski definition) is 5. The molecule has 130 valence electrons. The van der Waals surface area contributed by atoms with Gasteiger partial charge in [-0.2, -0.15) is 5.10 Å². The monoisotopic (exact) mass is 376 g/mol. The number of aryl methyl sites for hydroxylation is 1. The fraction of sp³-hybridized carbons (Fsp3) is 0.250. The van der Waals surface area contributed by atoms with Crippen molar-refractivity contribution in [1.82, 2.24) is 25.3 Å². The highest BCUT2D eigenvalue weighted by atomic mass is 35.5. The lowest BCUT2D eigenvalue weighted by Crippen LogP contribution is -2.31. The van der Waals surface area contributed by atoms with Crippen molar-refractivity contribution in [2.45, 2.75) is 19.9 Å². The second kappa shape index (κ2) is 8.09. The molecule has 0 aliphatic carbocycles. The molecule has 2 N–H and O–H groups in total. The summed E-state index contributed by atoms with van der Waals surface area (Å²) in [5, 5.41) is 19.8. The van der Waals surface area contributed by atoms with Gasteiger partial charge < -0.3 is 5.32 Å². The van der Waals surface area contributed by atoms with Crippen molar-refractivity contribution in [3.8, 4) is 0 Å². The maximum Gasteiger partial charge on any atom is 0.321 e. The summed E-state index contributed by atoms with van der Waals surface area (Å²) in [6, 6.07) is 9.18. The smallest absolute Gasteiger partial charge is 0.321 e. The summed E-state index contributed by atoms with van der Waals surface area (Å²) < 4.78 is 1.78. The molecule has 2 amide bonds. The van der Waals surface area contributed by atoms with Crippen LogP contribution in [0.15, 0.2) is 36.5 Å². The van der Waals surface area contributed by atoms with Crippen LogP contribution in [-0.4, -0.2) is 32.6 Å². The molecule has 0 fully saturated rings. The fourth-order valence-electron chi connectivity index (χ4n) is 2.17. The van der Waals surface area contributed by atoms with Crippen LogP contribution in [-0.2, 0) is 13.0 Å². The number of urea groups is 1. The highest BCUT2D eigenvalue weighted by Crippen LogP contribution is 2.19. The molecule has 0 saturated carbocycles. The highest BCUT2D eigenvalue weighted by Gasteiger charge is 2.08. The first kappa shape index (κ1) is 17.4. The third-order valence-electron chi connectivity index (χ3n) is 3.36. The van der Waals surface area contributed by atoms with Gasteiger partial charge in [0.15, 0.2) is 0 Å². The highest BCUT2D eigenvalue weighted by molar-refractivity contribution is 7.15. The van der Waals surface area contributed by atoms with E-state index in [2.05, 4.69) is 25.9 Å². The molecule has 25 heavy (non-hydrogen) atoms. The summed E-state index contributed by atoms with van der Waals surface area (Å²) >= 11 is 7.22. The van der Waals surface area contributed by atoms with Crippen LogP contribution in [0.5, 0.6) is 0 Å². The Morgan fingerprint density at radius 2 is 2.04 bits per heavy atom. The molecule has 7 nitrogen and oxygen atoms in total. The number of nitrogens with zero attached hydrogens (tertiary/aromatic N) is 4. The Balaban J connectivity index is 1.45. The van der Waals surface area contributed by atoms with E-state index in [0.29, 0.717) is 29.7 Å². The summed E-state index contributed by atoms with van der Waals surface area (Å²) in [5.74, 6) is 0. The van der Waals surface area contributed by atoms with E-state index >= 15 is 0 Å².